The van der Waals surface area contributed by atoms with Gasteiger partial charge in [-0.15, -0.1) is 5.06 Å². The summed E-state index contributed by atoms with van der Waals surface area (Å²) in [6.45, 7) is 4.32. The van der Waals surface area contributed by atoms with Crippen LogP contribution in [0.2, 0.25) is 0 Å². The Morgan fingerprint density at radius 1 is 1.60 bits per heavy atom. The number of carbonyl (C=O) groups excluding carboxylic acids is 1. The number of rotatable bonds is 4. The molecule has 0 aliphatic carbocycles. The smallest absolute Gasteiger partial charge is 0.322 e. The van der Waals surface area contributed by atoms with Gasteiger partial charge in [0, 0.05) is 20.5 Å². The third-order valence-corrected chi connectivity index (χ3v) is 1.11. The van der Waals surface area contributed by atoms with Crippen LogP contribution in [0.4, 0.5) is 0 Å². The van der Waals surface area contributed by atoms with Gasteiger partial charge < -0.3 is 4.84 Å². The van der Waals surface area contributed by atoms with Gasteiger partial charge in [-0.2, -0.15) is 0 Å². The van der Waals surface area contributed by atoms with Crippen LogP contribution in [0, 0.1) is 0 Å². The minimum atomic E-state index is -0.251. The summed E-state index contributed by atoms with van der Waals surface area (Å²) in [5.74, 6) is -0.251. The first kappa shape index (κ1) is 9.43. The third kappa shape index (κ3) is 5.56. The highest BCUT2D eigenvalue weighted by Gasteiger charge is 1.99. The first-order valence-corrected chi connectivity index (χ1v) is 3.56. The minimum Gasteiger partial charge on any atom is -0.369 e. The van der Waals surface area contributed by atoms with Crippen molar-refractivity contribution in [3.05, 3.63) is 0 Å². The van der Waals surface area contributed by atoms with E-state index < -0.39 is 0 Å². The van der Waals surface area contributed by atoms with Crippen LogP contribution in [0.3, 0.4) is 0 Å². The van der Waals surface area contributed by atoms with Crippen LogP contribution in [-0.4, -0.2) is 24.6 Å². The molecule has 3 heteroatoms. The molecule has 0 N–H and O–H groups in total. The lowest BCUT2D eigenvalue weighted by Gasteiger charge is -2.13. The zero-order chi connectivity index (χ0) is 7.98. The summed E-state index contributed by atoms with van der Waals surface area (Å²) in [6.07, 6.45) is 2.18. The summed E-state index contributed by atoms with van der Waals surface area (Å²) in [4.78, 5) is 15.1. The van der Waals surface area contributed by atoms with Gasteiger partial charge in [0.2, 0.25) is 0 Å². The Balaban J connectivity index is 3.25. The van der Waals surface area contributed by atoms with Gasteiger partial charge in [-0.3, -0.25) is 4.79 Å². The minimum absolute atomic E-state index is 0.251. The fraction of sp³-hybridized carbons (Fsp3) is 0.857. The molecule has 0 aromatic rings. The lowest BCUT2D eigenvalue weighted by molar-refractivity contribution is -0.181. The summed E-state index contributed by atoms with van der Waals surface area (Å²) in [6, 6.07) is 0. The number of hydrogen-bond donors (Lipinski definition) is 0. The summed E-state index contributed by atoms with van der Waals surface area (Å²) >= 11 is 0. The standard InChI is InChI=1S/C7H15NO2/c1-4-5-6-8(3)10-7(2)9/h4-6H2,1-3H3. The first-order chi connectivity index (χ1) is 4.66. The van der Waals surface area contributed by atoms with Gasteiger partial charge >= 0.3 is 5.97 Å². The molecule has 0 saturated heterocycles. The van der Waals surface area contributed by atoms with Gasteiger partial charge in [-0.25, -0.2) is 0 Å². The second-order valence-electron chi connectivity index (χ2n) is 2.29. The van der Waals surface area contributed by atoms with E-state index in [1.54, 1.807) is 12.1 Å². The second-order valence-corrected chi connectivity index (χ2v) is 2.29. The molecule has 0 bridgehead atoms. The van der Waals surface area contributed by atoms with E-state index in [9.17, 15) is 4.79 Å². The third-order valence-electron chi connectivity index (χ3n) is 1.11. The molecular formula is C7H15NO2. The van der Waals surface area contributed by atoms with Crippen molar-refractivity contribution in [1.82, 2.24) is 5.06 Å². The van der Waals surface area contributed by atoms with E-state index in [0.717, 1.165) is 19.4 Å². The molecule has 0 aromatic carbocycles. The highest BCUT2D eigenvalue weighted by molar-refractivity contribution is 5.65. The van der Waals surface area contributed by atoms with Gasteiger partial charge in [0.05, 0.1) is 0 Å². The SMILES string of the molecule is CCCCN(C)OC(C)=O. The van der Waals surface area contributed by atoms with Crippen LogP contribution in [0.1, 0.15) is 26.7 Å². The quantitative estimate of drug-likeness (QED) is 0.557. The fourth-order valence-corrected chi connectivity index (χ4v) is 0.646. The second kappa shape index (κ2) is 5.23. The van der Waals surface area contributed by atoms with Crippen molar-refractivity contribution < 1.29 is 9.63 Å². The molecule has 0 heterocycles. The van der Waals surface area contributed by atoms with Gasteiger partial charge in [-0.05, 0) is 6.42 Å². The Kier molecular flexibility index (Phi) is 4.94. The van der Waals surface area contributed by atoms with Gasteiger partial charge in [0.25, 0.3) is 0 Å². The zero-order valence-corrected chi connectivity index (χ0v) is 6.89. The van der Waals surface area contributed by atoms with Gasteiger partial charge in [0.15, 0.2) is 0 Å². The van der Waals surface area contributed by atoms with Crippen molar-refractivity contribution in [3.63, 3.8) is 0 Å². The van der Waals surface area contributed by atoms with Crippen LogP contribution in [0.5, 0.6) is 0 Å². The van der Waals surface area contributed by atoms with E-state index in [1.807, 2.05) is 0 Å². The number of unbranched alkanes of at least 4 members (excludes halogenated alkanes) is 1. The molecule has 0 aliphatic rings. The molecule has 3 nitrogen and oxygen atoms in total. The predicted molar refractivity (Wildman–Crippen MR) is 39.3 cm³/mol. The largest absolute Gasteiger partial charge is 0.369 e. The normalized spacial score (nSPS) is 10.0. The van der Waals surface area contributed by atoms with Crippen molar-refractivity contribution in [2.75, 3.05) is 13.6 Å². The van der Waals surface area contributed by atoms with Crippen molar-refractivity contribution in [2.24, 2.45) is 0 Å². The number of hydroxylamine groups is 2. The molecule has 0 fully saturated rings. The van der Waals surface area contributed by atoms with E-state index in [1.165, 1.54) is 6.92 Å². The number of nitrogens with zero attached hydrogens (tertiary/aromatic N) is 1. The summed E-state index contributed by atoms with van der Waals surface area (Å²) < 4.78 is 0. The van der Waals surface area contributed by atoms with Crippen LogP contribution >= 0.6 is 0 Å². The molecule has 0 spiro atoms. The zero-order valence-electron chi connectivity index (χ0n) is 6.89. The predicted octanol–water partition coefficient (Wildman–Crippen LogP) is 1.20. The van der Waals surface area contributed by atoms with Crippen molar-refractivity contribution >= 4 is 5.97 Å². The topological polar surface area (TPSA) is 29.5 Å². The molecule has 0 radical (unpaired) electrons. The average molecular weight is 145 g/mol. The molecule has 0 aromatic heterocycles. The summed E-state index contributed by atoms with van der Waals surface area (Å²) in [5, 5.41) is 1.56. The maximum absolute atomic E-state index is 10.4. The Hall–Kier alpha value is -0.570. The fourth-order valence-electron chi connectivity index (χ4n) is 0.646. The van der Waals surface area contributed by atoms with E-state index >= 15 is 0 Å². The van der Waals surface area contributed by atoms with Crippen LogP contribution in [0.25, 0.3) is 0 Å². The molecule has 0 amide bonds. The molecule has 0 unspecified atom stereocenters. The lowest BCUT2D eigenvalue weighted by Crippen LogP contribution is -2.22. The van der Waals surface area contributed by atoms with Crippen molar-refractivity contribution in [2.45, 2.75) is 26.7 Å². The molecular weight excluding hydrogens is 130 g/mol. The Labute approximate surface area is 61.9 Å². The van der Waals surface area contributed by atoms with Crippen LogP contribution in [0.15, 0.2) is 0 Å². The monoisotopic (exact) mass is 145 g/mol. The Morgan fingerprint density at radius 2 is 2.20 bits per heavy atom. The van der Waals surface area contributed by atoms with Crippen molar-refractivity contribution in [1.29, 1.82) is 0 Å². The maximum Gasteiger partial charge on any atom is 0.322 e. The van der Waals surface area contributed by atoms with Crippen molar-refractivity contribution in [3.8, 4) is 0 Å². The van der Waals surface area contributed by atoms with E-state index in [-0.39, 0.29) is 5.97 Å². The molecule has 0 rings (SSSR count). The van der Waals surface area contributed by atoms with Crippen LogP contribution in [-0.2, 0) is 9.63 Å². The van der Waals surface area contributed by atoms with E-state index in [4.69, 9.17) is 4.84 Å². The first-order valence-electron chi connectivity index (χ1n) is 3.56. The molecule has 0 atom stereocenters. The molecule has 0 saturated carbocycles. The number of hydrogen-bond acceptors (Lipinski definition) is 3. The lowest BCUT2D eigenvalue weighted by atomic mass is 10.3. The van der Waals surface area contributed by atoms with Gasteiger partial charge in [-0.1, -0.05) is 13.3 Å². The highest BCUT2D eigenvalue weighted by Crippen LogP contribution is 1.92. The molecule has 0 aliphatic heterocycles. The Morgan fingerprint density at radius 3 is 2.60 bits per heavy atom. The summed E-state index contributed by atoms with van der Waals surface area (Å²) in [5.41, 5.74) is 0. The average Bonchev–Trinajstić information content (AvgIpc) is 1.82. The number of carbonyl (C=O) groups is 1. The van der Waals surface area contributed by atoms with E-state index in [0.29, 0.717) is 0 Å². The Bertz CT molecular complexity index is 104. The van der Waals surface area contributed by atoms with Crippen LogP contribution < -0.4 is 0 Å². The molecule has 10 heavy (non-hydrogen) atoms. The maximum atomic E-state index is 10.4. The molecule has 60 valence electrons. The van der Waals surface area contributed by atoms with E-state index in [2.05, 4.69) is 6.92 Å². The summed E-state index contributed by atoms with van der Waals surface area (Å²) in [7, 11) is 1.76. The van der Waals surface area contributed by atoms with Gasteiger partial charge in [0.1, 0.15) is 0 Å². The highest BCUT2D eigenvalue weighted by atomic mass is 16.7.